The number of aromatic nitrogens is 1. The average Bonchev–Trinajstić information content (AvgIpc) is 3.41. The first-order valence-electron chi connectivity index (χ1n) is 9.35. The van der Waals surface area contributed by atoms with Crippen LogP contribution in [0.4, 0.5) is 14.5 Å². The molecule has 0 spiro atoms. The number of hydrogen-bond donors (Lipinski definition) is 2. The van der Waals surface area contributed by atoms with Crippen LogP contribution in [0.15, 0.2) is 17.1 Å². The molecule has 2 N–H and O–H groups in total. The number of halogens is 2. The number of morpholine rings is 1. The van der Waals surface area contributed by atoms with E-state index in [9.17, 15) is 19.1 Å². The smallest absolute Gasteiger partial charge is 0.341 e. The van der Waals surface area contributed by atoms with Crippen LogP contribution in [0.1, 0.15) is 29.2 Å². The molecule has 0 unspecified atom stereocenters. The van der Waals surface area contributed by atoms with E-state index in [1.54, 1.807) is 4.90 Å². The van der Waals surface area contributed by atoms with E-state index in [1.165, 1.54) is 10.8 Å². The fraction of sp³-hybridized carbons (Fsp3) is 0.474. The topological polar surface area (TPSA) is 83.8 Å². The summed E-state index contributed by atoms with van der Waals surface area (Å²) in [6.45, 7) is 1.98. The van der Waals surface area contributed by atoms with Gasteiger partial charge in [0, 0.05) is 31.9 Å². The third kappa shape index (κ3) is 2.61. The van der Waals surface area contributed by atoms with Crippen molar-refractivity contribution >= 4 is 22.6 Å². The Labute approximate surface area is 158 Å². The number of pyridine rings is 1. The number of anilines is 1. The predicted octanol–water partition coefficient (Wildman–Crippen LogP) is 1.49. The number of benzene rings is 1. The zero-order valence-corrected chi connectivity index (χ0v) is 15.0. The summed E-state index contributed by atoms with van der Waals surface area (Å²) in [4.78, 5) is 25.6. The largest absolute Gasteiger partial charge is 0.477 e. The Bertz CT molecular complexity index is 1040. The van der Waals surface area contributed by atoms with Crippen molar-refractivity contribution in [2.24, 2.45) is 0 Å². The lowest BCUT2D eigenvalue weighted by Crippen LogP contribution is -2.47. The molecule has 3 fully saturated rings. The van der Waals surface area contributed by atoms with Crippen molar-refractivity contribution in [1.29, 1.82) is 0 Å². The van der Waals surface area contributed by atoms with Gasteiger partial charge in [-0.25, -0.2) is 13.6 Å². The van der Waals surface area contributed by atoms with Crippen LogP contribution in [-0.4, -0.2) is 54.0 Å². The van der Waals surface area contributed by atoms with Crippen LogP contribution < -0.4 is 15.6 Å². The quantitative estimate of drug-likeness (QED) is 0.825. The molecule has 9 heteroatoms. The van der Waals surface area contributed by atoms with Gasteiger partial charge in [-0.2, -0.15) is 0 Å². The molecule has 1 saturated carbocycles. The summed E-state index contributed by atoms with van der Waals surface area (Å²) >= 11 is 0. The van der Waals surface area contributed by atoms with E-state index in [-0.39, 0.29) is 34.8 Å². The Balaban J connectivity index is 1.70. The summed E-state index contributed by atoms with van der Waals surface area (Å²) in [6, 6.07) is 0.876. The van der Waals surface area contributed by atoms with Crippen molar-refractivity contribution in [2.75, 3.05) is 31.1 Å². The van der Waals surface area contributed by atoms with Crippen LogP contribution in [0.25, 0.3) is 10.9 Å². The van der Waals surface area contributed by atoms with Crippen molar-refractivity contribution < 1.29 is 23.4 Å². The fourth-order valence-electron chi connectivity index (χ4n) is 4.29. The summed E-state index contributed by atoms with van der Waals surface area (Å²) < 4.78 is 37.7. The number of hydrogen-bond acceptors (Lipinski definition) is 5. The number of nitrogens with zero attached hydrogens (tertiary/aromatic N) is 2. The SMILES string of the molecule is O=C(O)c1cn(C2CC2)c2c(F)c(N3C[C@@H]4OCCN[C@@H]4C3)c(F)cc2c1=O. The second-order valence-electron chi connectivity index (χ2n) is 7.61. The van der Waals surface area contributed by atoms with Crippen molar-refractivity contribution in [3.8, 4) is 0 Å². The molecule has 1 aliphatic carbocycles. The molecule has 148 valence electrons. The van der Waals surface area contributed by atoms with Gasteiger partial charge in [0.1, 0.15) is 17.1 Å². The van der Waals surface area contributed by atoms with Gasteiger partial charge >= 0.3 is 5.97 Å². The number of fused-ring (bicyclic) bond motifs is 2. The molecule has 3 aliphatic rings. The van der Waals surface area contributed by atoms with Crippen molar-refractivity contribution in [3.63, 3.8) is 0 Å². The molecule has 2 saturated heterocycles. The minimum Gasteiger partial charge on any atom is -0.477 e. The summed E-state index contributed by atoms with van der Waals surface area (Å²) in [6.07, 6.45) is 2.55. The number of aromatic carboxylic acids is 1. The molecule has 2 aliphatic heterocycles. The van der Waals surface area contributed by atoms with E-state index in [4.69, 9.17) is 4.74 Å². The van der Waals surface area contributed by atoms with Crippen LogP contribution in [0, 0.1) is 11.6 Å². The first kappa shape index (κ1) is 17.6. The maximum Gasteiger partial charge on any atom is 0.341 e. The minimum atomic E-state index is -1.40. The summed E-state index contributed by atoms with van der Waals surface area (Å²) in [5.74, 6) is -3.10. The second kappa shape index (κ2) is 6.25. The summed E-state index contributed by atoms with van der Waals surface area (Å²) in [7, 11) is 0. The van der Waals surface area contributed by atoms with Crippen LogP contribution in [0.2, 0.25) is 0 Å². The molecule has 5 rings (SSSR count). The zero-order chi connectivity index (χ0) is 19.6. The predicted molar refractivity (Wildman–Crippen MR) is 97.1 cm³/mol. The monoisotopic (exact) mass is 391 g/mol. The summed E-state index contributed by atoms with van der Waals surface area (Å²) in [5, 5.41) is 12.4. The molecule has 0 radical (unpaired) electrons. The maximum absolute atomic E-state index is 15.6. The van der Waals surface area contributed by atoms with Gasteiger partial charge in [0.2, 0.25) is 5.43 Å². The number of nitrogens with one attached hydrogen (secondary N) is 1. The maximum atomic E-state index is 15.6. The number of rotatable bonds is 3. The lowest BCUT2D eigenvalue weighted by molar-refractivity contribution is 0.0212. The van der Waals surface area contributed by atoms with Crippen molar-refractivity contribution in [1.82, 2.24) is 9.88 Å². The molecule has 0 bridgehead atoms. The van der Waals surface area contributed by atoms with Gasteiger partial charge in [0.15, 0.2) is 5.82 Å². The van der Waals surface area contributed by atoms with E-state index in [1.807, 2.05) is 0 Å². The highest BCUT2D eigenvalue weighted by molar-refractivity contribution is 5.94. The van der Waals surface area contributed by atoms with Crippen LogP contribution >= 0.6 is 0 Å². The highest BCUT2D eigenvalue weighted by atomic mass is 19.1. The third-order valence-electron chi connectivity index (χ3n) is 5.78. The highest BCUT2D eigenvalue weighted by Gasteiger charge is 2.38. The molecule has 2 aromatic rings. The molecule has 1 aromatic carbocycles. The third-order valence-corrected chi connectivity index (χ3v) is 5.78. The van der Waals surface area contributed by atoms with Crippen molar-refractivity contribution in [3.05, 3.63) is 39.7 Å². The Morgan fingerprint density at radius 2 is 2.07 bits per heavy atom. The standard InChI is InChI=1S/C19H19F2N3O4/c20-12-5-10-16(24(9-1-2-9)6-11(18(10)25)19(26)27)15(21)17(12)23-7-13-14(8-23)28-4-3-22-13/h5-6,9,13-14,22H,1-4,7-8H2,(H,26,27)/t13-,14+/m1/s1. The van der Waals surface area contributed by atoms with Crippen LogP contribution in [0.3, 0.4) is 0 Å². The lowest BCUT2D eigenvalue weighted by atomic mass is 10.1. The normalized spacial score (nSPS) is 24.6. The van der Waals surface area contributed by atoms with Gasteiger partial charge in [0.05, 0.1) is 29.7 Å². The number of carbonyl (C=O) groups is 1. The van der Waals surface area contributed by atoms with Gasteiger partial charge in [-0.1, -0.05) is 0 Å². The first-order chi connectivity index (χ1) is 13.5. The van der Waals surface area contributed by atoms with Crippen LogP contribution in [-0.2, 0) is 4.74 Å². The first-order valence-corrected chi connectivity index (χ1v) is 9.35. The highest BCUT2D eigenvalue weighted by Crippen LogP contribution is 2.40. The van der Waals surface area contributed by atoms with Gasteiger partial charge in [-0.05, 0) is 18.9 Å². The molecular weight excluding hydrogens is 372 g/mol. The second-order valence-corrected chi connectivity index (χ2v) is 7.61. The molecule has 3 heterocycles. The van der Waals surface area contributed by atoms with E-state index >= 15 is 4.39 Å². The minimum absolute atomic E-state index is 0.0109. The molecule has 2 atom stereocenters. The molecule has 0 amide bonds. The number of carboxylic acids is 1. The van der Waals surface area contributed by atoms with Gasteiger partial charge in [-0.15, -0.1) is 0 Å². The van der Waals surface area contributed by atoms with Crippen molar-refractivity contribution in [2.45, 2.75) is 31.0 Å². The van der Waals surface area contributed by atoms with Crippen LogP contribution in [0.5, 0.6) is 0 Å². The van der Waals surface area contributed by atoms with E-state index in [0.717, 1.165) is 18.9 Å². The van der Waals surface area contributed by atoms with Gasteiger partial charge < -0.3 is 24.6 Å². The Morgan fingerprint density at radius 3 is 2.75 bits per heavy atom. The number of ether oxygens (including phenoxy) is 1. The Hall–Kier alpha value is -2.52. The molecule has 1 aromatic heterocycles. The zero-order valence-electron chi connectivity index (χ0n) is 15.0. The molecule has 28 heavy (non-hydrogen) atoms. The van der Waals surface area contributed by atoms with E-state index in [0.29, 0.717) is 26.2 Å². The lowest BCUT2D eigenvalue weighted by Gasteiger charge is -2.25. The molecule has 7 nitrogen and oxygen atoms in total. The molecular formula is C19H19F2N3O4. The van der Waals surface area contributed by atoms with Gasteiger partial charge in [0.25, 0.3) is 0 Å². The van der Waals surface area contributed by atoms with Gasteiger partial charge in [-0.3, -0.25) is 4.79 Å². The Morgan fingerprint density at radius 1 is 1.29 bits per heavy atom. The summed E-state index contributed by atoms with van der Waals surface area (Å²) in [5.41, 5.74) is -1.57. The average molecular weight is 391 g/mol. The van der Waals surface area contributed by atoms with E-state index in [2.05, 4.69) is 5.32 Å². The fourth-order valence-corrected chi connectivity index (χ4v) is 4.29. The van der Waals surface area contributed by atoms with E-state index < -0.39 is 28.6 Å². The number of carboxylic acid groups (broad SMARTS) is 1. The Kier molecular flexibility index (Phi) is 3.92.